The molecule has 26 heavy (non-hydrogen) atoms. The van der Waals surface area contributed by atoms with Gasteiger partial charge in [0.2, 0.25) is 15.9 Å². The Morgan fingerprint density at radius 1 is 1.08 bits per heavy atom. The normalized spacial score (nSPS) is 17.8. The molecule has 0 unspecified atom stereocenters. The minimum atomic E-state index is -4.28. The third-order valence-electron chi connectivity index (χ3n) is 4.49. The summed E-state index contributed by atoms with van der Waals surface area (Å²) >= 11 is 0. The first kappa shape index (κ1) is 18.5. The van der Waals surface area contributed by atoms with Gasteiger partial charge in [-0.15, -0.1) is 0 Å². The van der Waals surface area contributed by atoms with Gasteiger partial charge in [0.25, 0.3) is 0 Å². The van der Waals surface area contributed by atoms with Crippen LogP contribution in [0.1, 0.15) is 17.5 Å². The molecule has 1 saturated heterocycles. The number of anilines is 1. The molecule has 5 nitrogen and oxygen atoms in total. The Morgan fingerprint density at radius 3 is 2.46 bits per heavy atom. The molecule has 1 atom stereocenters. The van der Waals surface area contributed by atoms with Crippen molar-refractivity contribution in [3.05, 3.63) is 59.2 Å². The van der Waals surface area contributed by atoms with E-state index in [4.69, 9.17) is 0 Å². The van der Waals surface area contributed by atoms with Crippen molar-refractivity contribution in [1.82, 2.24) is 4.72 Å². The first-order valence-corrected chi connectivity index (χ1v) is 9.53. The van der Waals surface area contributed by atoms with Crippen molar-refractivity contribution >= 4 is 21.6 Å². The maximum absolute atomic E-state index is 13.8. The fraction of sp³-hybridized carbons (Fsp3) is 0.278. The lowest BCUT2D eigenvalue weighted by Crippen LogP contribution is -2.41. The van der Waals surface area contributed by atoms with Crippen molar-refractivity contribution in [2.45, 2.75) is 31.2 Å². The Bertz CT molecular complexity index is 976. The van der Waals surface area contributed by atoms with E-state index >= 15 is 0 Å². The summed E-state index contributed by atoms with van der Waals surface area (Å²) in [7, 11) is -4.28. The van der Waals surface area contributed by atoms with Crippen molar-refractivity contribution in [1.29, 1.82) is 0 Å². The van der Waals surface area contributed by atoms with Crippen LogP contribution in [0, 0.1) is 25.5 Å². The number of rotatable bonds is 4. The topological polar surface area (TPSA) is 66.5 Å². The van der Waals surface area contributed by atoms with Crippen LogP contribution in [0.5, 0.6) is 0 Å². The molecule has 0 aliphatic carbocycles. The van der Waals surface area contributed by atoms with E-state index in [0.717, 1.165) is 23.3 Å². The monoisotopic (exact) mass is 380 g/mol. The number of aryl methyl sites for hydroxylation is 2. The van der Waals surface area contributed by atoms with Crippen LogP contribution < -0.4 is 9.62 Å². The van der Waals surface area contributed by atoms with Crippen molar-refractivity contribution in [3.8, 4) is 0 Å². The predicted octanol–water partition coefficient (Wildman–Crippen LogP) is 2.67. The Morgan fingerprint density at radius 2 is 1.81 bits per heavy atom. The molecule has 0 radical (unpaired) electrons. The summed E-state index contributed by atoms with van der Waals surface area (Å²) in [4.78, 5) is 13.4. The Labute approximate surface area is 150 Å². The van der Waals surface area contributed by atoms with Crippen molar-refractivity contribution in [2.75, 3.05) is 11.4 Å². The molecule has 0 aromatic heterocycles. The lowest BCUT2D eigenvalue weighted by Gasteiger charge is -2.18. The molecule has 0 saturated carbocycles. The average molecular weight is 380 g/mol. The number of nitrogens with zero attached hydrogens (tertiary/aromatic N) is 1. The van der Waals surface area contributed by atoms with E-state index in [1.165, 1.54) is 4.90 Å². The number of sulfonamides is 1. The van der Waals surface area contributed by atoms with Gasteiger partial charge in [-0.1, -0.05) is 6.07 Å². The number of amides is 1. The molecule has 0 spiro atoms. The van der Waals surface area contributed by atoms with E-state index in [9.17, 15) is 22.0 Å². The first-order chi connectivity index (χ1) is 12.2. The van der Waals surface area contributed by atoms with Crippen LogP contribution in [-0.4, -0.2) is 26.9 Å². The van der Waals surface area contributed by atoms with Gasteiger partial charge in [0.05, 0.1) is 0 Å². The minimum absolute atomic E-state index is 0.258. The number of hydrogen-bond acceptors (Lipinski definition) is 3. The summed E-state index contributed by atoms with van der Waals surface area (Å²) in [5.41, 5.74) is 2.80. The highest BCUT2D eigenvalue weighted by atomic mass is 32.2. The number of halogens is 2. The number of nitrogens with one attached hydrogen (secondary N) is 1. The molecular weight excluding hydrogens is 362 g/mol. The fourth-order valence-electron chi connectivity index (χ4n) is 2.88. The summed E-state index contributed by atoms with van der Waals surface area (Å²) < 4.78 is 53.7. The van der Waals surface area contributed by atoms with Crippen LogP contribution in [-0.2, 0) is 14.8 Å². The zero-order chi connectivity index (χ0) is 19.1. The number of carbonyl (C=O) groups excluding carboxylic acids is 1. The highest BCUT2D eigenvalue weighted by molar-refractivity contribution is 7.89. The van der Waals surface area contributed by atoms with Gasteiger partial charge < -0.3 is 4.90 Å². The lowest BCUT2D eigenvalue weighted by atomic mass is 10.1. The van der Waals surface area contributed by atoms with Gasteiger partial charge >= 0.3 is 0 Å². The van der Waals surface area contributed by atoms with Crippen molar-refractivity contribution in [2.24, 2.45) is 0 Å². The van der Waals surface area contributed by atoms with Crippen LogP contribution in [0.4, 0.5) is 14.5 Å². The van der Waals surface area contributed by atoms with Crippen LogP contribution in [0.3, 0.4) is 0 Å². The van der Waals surface area contributed by atoms with Gasteiger partial charge in [-0.05, 0) is 55.7 Å². The van der Waals surface area contributed by atoms with Gasteiger partial charge in [0, 0.05) is 18.3 Å². The molecule has 1 amide bonds. The number of benzene rings is 2. The van der Waals surface area contributed by atoms with Crippen LogP contribution in [0.2, 0.25) is 0 Å². The molecule has 1 fully saturated rings. The third-order valence-corrected chi connectivity index (χ3v) is 5.99. The molecule has 1 aliphatic rings. The maximum atomic E-state index is 13.8. The zero-order valence-corrected chi connectivity index (χ0v) is 15.1. The zero-order valence-electron chi connectivity index (χ0n) is 14.3. The molecule has 1 N–H and O–H groups in total. The predicted molar refractivity (Wildman–Crippen MR) is 93.4 cm³/mol. The summed E-state index contributed by atoms with van der Waals surface area (Å²) in [5.74, 6) is -2.48. The quantitative estimate of drug-likeness (QED) is 0.887. The summed E-state index contributed by atoms with van der Waals surface area (Å²) in [6.45, 7) is 4.23. The largest absolute Gasteiger partial charge is 0.311 e. The fourth-order valence-corrected chi connectivity index (χ4v) is 4.17. The molecule has 1 aliphatic heterocycles. The summed E-state index contributed by atoms with van der Waals surface area (Å²) in [6.07, 6.45) is 0.258. The smallest absolute Gasteiger partial charge is 0.245 e. The molecule has 1 heterocycles. The van der Waals surface area contributed by atoms with Gasteiger partial charge in [0.1, 0.15) is 22.6 Å². The molecule has 3 rings (SSSR count). The molecule has 8 heteroatoms. The molecule has 2 aromatic rings. The average Bonchev–Trinajstić information content (AvgIpc) is 2.90. The van der Waals surface area contributed by atoms with E-state index in [1.807, 2.05) is 26.0 Å². The maximum Gasteiger partial charge on any atom is 0.245 e. The van der Waals surface area contributed by atoms with Gasteiger partial charge in [0.15, 0.2) is 0 Å². The van der Waals surface area contributed by atoms with E-state index in [2.05, 4.69) is 4.72 Å². The highest BCUT2D eigenvalue weighted by Gasteiger charge is 2.36. The summed E-state index contributed by atoms with van der Waals surface area (Å²) in [6, 6.07) is 6.75. The van der Waals surface area contributed by atoms with Crippen LogP contribution in [0.25, 0.3) is 0 Å². The molecule has 2 aromatic carbocycles. The van der Waals surface area contributed by atoms with Gasteiger partial charge in [-0.2, -0.15) is 4.72 Å². The molecular formula is C18H18F2N2O3S. The second-order valence-corrected chi connectivity index (χ2v) is 7.98. The number of hydrogen-bond donors (Lipinski definition) is 1. The lowest BCUT2D eigenvalue weighted by molar-refractivity contribution is -0.118. The molecule has 0 bridgehead atoms. The van der Waals surface area contributed by atoms with Crippen LogP contribution >= 0.6 is 0 Å². The Hall–Kier alpha value is -2.32. The molecule has 138 valence electrons. The van der Waals surface area contributed by atoms with E-state index in [-0.39, 0.29) is 6.42 Å². The first-order valence-electron chi connectivity index (χ1n) is 8.05. The van der Waals surface area contributed by atoms with E-state index in [0.29, 0.717) is 18.3 Å². The second kappa shape index (κ2) is 6.77. The number of carbonyl (C=O) groups is 1. The van der Waals surface area contributed by atoms with Gasteiger partial charge in [-0.25, -0.2) is 17.2 Å². The third kappa shape index (κ3) is 3.47. The minimum Gasteiger partial charge on any atom is -0.311 e. The SMILES string of the molecule is Cc1ccc(N2CC[C@@H](NS(=O)(=O)c3ccc(F)cc3F)C2=O)cc1C. The summed E-state index contributed by atoms with van der Waals surface area (Å²) in [5, 5.41) is 0. The Kier molecular flexibility index (Phi) is 4.81. The van der Waals surface area contributed by atoms with Crippen molar-refractivity contribution in [3.63, 3.8) is 0 Å². The van der Waals surface area contributed by atoms with E-state index in [1.54, 1.807) is 6.07 Å². The van der Waals surface area contributed by atoms with Gasteiger partial charge in [-0.3, -0.25) is 4.79 Å². The standard InChI is InChI=1S/C18H18F2N2O3S/c1-11-3-5-14(9-12(11)2)22-8-7-16(18(22)23)21-26(24,25)17-6-4-13(19)10-15(17)20/h3-6,9-10,16,21H,7-8H2,1-2H3/t16-/m1/s1. The second-order valence-electron chi connectivity index (χ2n) is 6.30. The Balaban J connectivity index is 1.81. The highest BCUT2D eigenvalue weighted by Crippen LogP contribution is 2.25. The van der Waals surface area contributed by atoms with E-state index < -0.39 is 38.5 Å². The van der Waals surface area contributed by atoms with Crippen LogP contribution in [0.15, 0.2) is 41.3 Å². The van der Waals surface area contributed by atoms with Crippen molar-refractivity contribution < 1.29 is 22.0 Å².